The van der Waals surface area contributed by atoms with E-state index in [0.29, 0.717) is 39.5 Å². The third-order valence-electron chi connectivity index (χ3n) is 5.02. The normalized spacial score (nSPS) is 24.8. The summed E-state index contributed by atoms with van der Waals surface area (Å²) < 4.78 is 13.9. The van der Waals surface area contributed by atoms with E-state index in [1.807, 2.05) is 42.6 Å². The first-order valence-corrected chi connectivity index (χ1v) is 9.67. The number of allylic oxidation sites excluding steroid dienone is 1. The molecule has 1 atom stereocenters. The number of ether oxygens (including phenoxy) is 2. The van der Waals surface area contributed by atoms with Crippen molar-refractivity contribution in [1.82, 2.24) is 19.6 Å². The third kappa shape index (κ3) is 4.97. The lowest BCUT2D eigenvalue weighted by Gasteiger charge is -2.44. The Balaban J connectivity index is 1.68. The zero-order chi connectivity index (χ0) is 19.5. The fourth-order valence-corrected chi connectivity index (χ4v) is 3.77. The van der Waals surface area contributed by atoms with Gasteiger partial charge in [0.15, 0.2) is 0 Å². The molecule has 0 saturated carbocycles. The van der Waals surface area contributed by atoms with Gasteiger partial charge in [0.05, 0.1) is 39.1 Å². The van der Waals surface area contributed by atoms with Crippen LogP contribution in [0.15, 0.2) is 25.0 Å². The van der Waals surface area contributed by atoms with Gasteiger partial charge in [-0.3, -0.25) is 14.4 Å². The van der Waals surface area contributed by atoms with Crippen molar-refractivity contribution in [2.24, 2.45) is 5.41 Å². The molecule has 1 amide bonds. The fourth-order valence-electron chi connectivity index (χ4n) is 3.77. The Morgan fingerprint density at radius 2 is 2.15 bits per heavy atom. The summed E-state index contributed by atoms with van der Waals surface area (Å²) in [6, 6.07) is 0. The third-order valence-corrected chi connectivity index (χ3v) is 5.02. The highest BCUT2D eigenvalue weighted by Crippen LogP contribution is 2.26. The summed E-state index contributed by atoms with van der Waals surface area (Å²) in [6.45, 7) is 15.7. The molecule has 3 heterocycles. The Morgan fingerprint density at radius 3 is 2.89 bits per heavy atom. The second-order valence-electron chi connectivity index (χ2n) is 8.63. The standard InChI is InChI=1S/C20H32N4O3/c1-5-6-24-13-17(11-21-24)12-22-7-10-27-20(14-22)15-23(8-9-26-16-20)18(25)19(2,3)4/h5,11,13H,1,6-10,12,14-16H2,2-4H3. The summed E-state index contributed by atoms with van der Waals surface area (Å²) in [4.78, 5) is 17.1. The van der Waals surface area contributed by atoms with Gasteiger partial charge < -0.3 is 14.4 Å². The maximum Gasteiger partial charge on any atom is 0.228 e. The van der Waals surface area contributed by atoms with Crippen LogP contribution in [0.4, 0.5) is 0 Å². The lowest BCUT2D eigenvalue weighted by Crippen LogP contribution is -2.59. The number of hydrogen-bond donors (Lipinski definition) is 0. The molecule has 1 spiro atoms. The van der Waals surface area contributed by atoms with Crippen LogP contribution >= 0.6 is 0 Å². The Hall–Kier alpha value is -1.70. The Labute approximate surface area is 161 Å². The van der Waals surface area contributed by atoms with Crippen LogP contribution in [0.25, 0.3) is 0 Å². The van der Waals surface area contributed by atoms with E-state index in [1.54, 1.807) is 0 Å². The first-order valence-electron chi connectivity index (χ1n) is 9.67. The molecular formula is C20H32N4O3. The number of carbonyl (C=O) groups is 1. The molecule has 3 rings (SSSR count). The van der Waals surface area contributed by atoms with E-state index in [0.717, 1.165) is 19.6 Å². The van der Waals surface area contributed by atoms with Gasteiger partial charge in [-0.15, -0.1) is 6.58 Å². The van der Waals surface area contributed by atoms with Crippen molar-refractivity contribution in [3.63, 3.8) is 0 Å². The molecule has 0 aromatic carbocycles. The molecule has 27 heavy (non-hydrogen) atoms. The van der Waals surface area contributed by atoms with E-state index in [4.69, 9.17) is 9.47 Å². The van der Waals surface area contributed by atoms with Gasteiger partial charge in [-0.05, 0) is 0 Å². The fraction of sp³-hybridized carbons (Fsp3) is 0.700. The number of morpholine rings is 1. The highest BCUT2D eigenvalue weighted by molar-refractivity contribution is 5.81. The van der Waals surface area contributed by atoms with Gasteiger partial charge in [0, 0.05) is 43.4 Å². The van der Waals surface area contributed by atoms with Gasteiger partial charge >= 0.3 is 0 Å². The van der Waals surface area contributed by atoms with E-state index < -0.39 is 11.0 Å². The molecule has 2 fully saturated rings. The smallest absolute Gasteiger partial charge is 0.228 e. The largest absolute Gasteiger partial charge is 0.376 e. The maximum atomic E-state index is 12.8. The number of hydrogen-bond acceptors (Lipinski definition) is 5. The molecule has 0 radical (unpaired) electrons. The topological polar surface area (TPSA) is 59.8 Å². The van der Waals surface area contributed by atoms with Crippen LogP contribution in [0.2, 0.25) is 0 Å². The van der Waals surface area contributed by atoms with Crippen molar-refractivity contribution >= 4 is 5.91 Å². The van der Waals surface area contributed by atoms with Crippen LogP contribution < -0.4 is 0 Å². The van der Waals surface area contributed by atoms with Crippen LogP contribution in [0.1, 0.15) is 26.3 Å². The van der Waals surface area contributed by atoms with Crippen molar-refractivity contribution in [2.45, 2.75) is 39.5 Å². The van der Waals surface area contributed by atoms with Crippen LogP contribution in [-0.4, -0.2) is 77.1 Å². The molecule has 0 bridgehead atoms. The Kier molecular flexibility index (Phi) is 6.03. The lowest BCUT2D eigenvalue weighted by atomic mass is 9.93. The molecule has 1 aromatic rings. The van der Waals surface area contributed by atoms with Gasteiger partial charge in [-0.2, -0.15) is 5.10 Å². The monoisotopic (exact) mass is 376 g/mol. The summed E-state index contributed by atoms with van der Waals surface area (Å²) in [6.07, 6.45) is 5.80. The Morgan fingerprint density at radius 1 is 1.33 bits per heavy atom. The molecule has 150 valence electrons. The number of nitrogens with zero attached hydrogens (tertiary/aromatic N) is 4. The van der Waals surface area contributed by atoms with Gasteiger partial charge in [-0.25, -0.2) is 0 Å². The van der Waals surface area contributed by atoms with Crippen molar-refractivity contribution in [3.8, 4) is 0 Å². The molecule has 1 unspecified atom stereocenters. The van der Waals surface area contributed by atoms with Gasteiger partial charge in [0.2, 0.25) is 5.91 Å². The second kappa shape index (κ2) is 8.12. The second-order valence-corrected chi connectivity index (χ2v) is 8.63. The minimum atomic E-state index is -0.466. The molecule has 2 aliphatic rings. The molecular weight excluding hydrogens is 344 g/mol. The molecule has 7 nitrogen and oxygen atoms in total. The van der Waals surface area contributed by atoms with Crippen LogP contribution in [0, 0.1) is 5.41 Å². The quantitative estimate of drug-likeness (QED) is 0.746. The number of amides is 1. The summed E-state index contributed by atoms with van der Waals surface area (Å²) >= 11 is 0. The van der Waals surface area contributed by atoms with Crippen LogP contribution in [-0.2, 0) is 27.4 Å². The SMILES string of the molecule is C=CCn1cc(CN2CCOC3(COCCN(C(=O)C(C)(C)C)C3)C2)cn1. The lowest BCUT2D eigenvalue weighted by molar-refractivity contribution is -0.156. The predicted molar refractivity (Wildman–Crippen MR) is 103 cm³/mol. The molecule has 7 heteroatoms. The van der Waals surface area contributed by atoms with E-state index in [2.05, 4.69) is 22.8 Å². The minimum absolute atomic E-state index is 0.152. The van der Waals surface area contributed by atoms with Crippen LogP contribution in [0.3, 0.4) is 0 Å². The number of rotatable bonds is 4. The highest BCUT2D eigenvalue weighted by Gasteiger charge is 2.42. The highest BCUT2D eigenvalue weighted by atomic mass is 16.5. The van der Waals surface area contributed by atoms with E-state index in [-0.39, 0.29) is 5.91 Å². The average molecular weight is 377 g/mol. The predicted octanol–water partition coefficient (Wildman–Crippen LogP) is 1.54. The zero-order valence-electron chi connectivity index (χ0n) is 16.8. The van der Waals surface area contributed by atoms with E-state index >= 15 is 0 Å². The van der Waals surface area contributed by atoms with Crippen molar-refractivity contribution in [1.29, 1.82) is 0 Å². The van der Waals surface area contributed by atoms with Crippen molar-refractivity contribution in [2.75, 3.05) is 46.0 Å². The number of aromatic nitrogens is 2. The maximum absolute atomic E-state index is 12.8. The molecule has 2 aliphatic heterocycles. The van der Waals surface area contributed by atoms with Crippen LogP contribution in [0.5, 0.6) is 0 Å². The number of carbonyl (C=O) groups excluding carboxylic acids is 1. The van der Waals surface area contributed by atoms with Crippen molar-refractivity contribution < 1.29 is 14.3 Å². The zero-order valence-corrected chi connectivity index (χ0v) is 16.8. The Bertz CT molecular complexity index is 666. The molecule has 2 saturated heterocycles. The first-order chi connectivity index (χ1) is 12.8. The first kappa shape index (κ1) is 20.0. The minimum Gasteiger partial charge on any atom is -0.376 e. The van der Waals surface area contributed by atoms with Gasteiger partial charge in [0.25, 0.3) is 0 Å². The van der Waals surface area contributed by atoms with E-state index in [9.17, 15) is 4.79 Å². The van der Waals surface area contributed by atoms with E-state index in [1.165, 1.54) is 5.56 Å². The summed E-state index contributed by atoms with van der Waals surface area (Å²) in [7, 11) is 0. The average Bonchev–Trinajstić information content (AvgIpc) is 2.94. The summed E-state index contributed by atoms with van der Waals surface area (Å²) in [5, 5.41) is 4.36. The summed E-state index contributed by atoms with van der Waals surface area (Å²) in [5.74, 6) is 0.152. The van der Waals surface area contributed by atoms with Crippen molar-refractivity contribution in [3.05, 3.63) is 30.6 Å². The van der Waals surface area contributed by atoms with Gasteiger partial charge in [0.1, 0.15) is 5.60 Å². The molecule has 1 aromatic heterocycles. The van der Waals surface area contributed by atoms with Gasteiger partial charge in [-0.1, -0.05) is 26.8 Å². The molecule has 0 aliphatic carbocycles. The molecule has 0 N–H and O–H groups in total. The summed E-state index contributed by atoms with van der Waals surface area (Å²) in [5.41, 5.74) is 0.304.